The van der Waals surface area contributed by atoms with Crippen molar-refractivity contribution in [1.82, 2.24) is 0 Å². The van der Waals surface area contributed by atoms with Gasteiger partial charge in [-0.15, -0.1) is 23.7 Å². The zero-order valence-corrected chi connectivity index (χ0v) is 9.89. The fourth-order valence-corrected chi connectivity index (χ4v) is 2.15. The third-order valence-electron chi connectivity index (χ3n) is 2.20. The Morgan fingerprint density at radius 1 is 1.25 bits per heavy atom. The molecule has 0 bridgehead atoms. The largest absolute Gasteiger partial charge is 0.505 e. The molecule has 3 N–H and O–H groups in total. The Morgan fingerprint density at radius 3 is 2.62 bits per heavy atom. The summed E-state index contributed by atoms with van der Waals surface area (Å²) in [5.74, 6) is -1.00. The van der Waals surface area contributed by atoms with Crippen molar-refractivity contribution >= 4 is 23.7 Å². The van der Waals surface area contributed by atoms with Crippen molar-refractivity contribution in [3.63, 3.8) is 0 Å². The average Bonchev–Trinajstić information content (AvgIpc) is 2.74. The first kappa shape index (κ1) is 13.0. The van der Waals surface area contributed by atoms with Gasteiger partial charge in [0, 0.05) is 10.4 Å². The van der Waals surface area contributed by atoms with Gasteiger partial charge in [-0.05, 0) is 17.5 Å². The van der Waals surface area contributed by atoms with Gasteiger partial charge in [0.2, 0.25) is 0 Å². The minimum absolute atomic E-state index is 0. The van der Waals surface area contributed by atoms with Crippen molar-refractivity contribution in [2.45, 2.75) is 6.04 Å². The smallest absolute Gasteiger partial charge is 0.165 e. The number of nitrogens with two attached hydrogens (primary N) is 1. The van der Waals surface area contributed by atoms with E-state index in [1.165, 1.54) is 23.5 Å². The molecule has 0 unspecified atom stereocenters. The van der Waals surface area contributed by atoms with Crippen LogP contribution in [0.2, 0.25) is 0 Å². The molecule has 0 aliphatic carbocycles. The number of halogens is 2. The van der Waals surface area contributed by atoms with E-state index in [2.05, 4.69) is 0 Å². The van der Waals surface area contributed by atoms with Gasteiger partial charge in [0.1, 0.15) is 0 Å². The maximum atomic E-state index is 13.1. The second-order valence-corrected chi connectivity index (χ2v) is 4.15. The molecule has 0 amide bonds. The molecule has 0 saturated heterocycles. The van der Waals surface area contributed by atoms with Crippen LogP contribution in [0.4, 0.5) is 4.39 Å². The maximum absolute atomic E-state index is 13.1. The molecule has 0 saturated carbocycles. The number of para-hydroxylation sites is 1. The van der Waals surface area contributed by atoms with Crippen LogP contribution in [-0.4, -0.2) is 5.11 Å². The number of rotatable bonds is 2. The summed E-state index contributed by atoms with van der Waals surface area (Å²) in [4.78, 5) is 0.899. The van der Waals surface area contributed by atoms with Crippen LogP contribution < -0.4 is 5.73 Å². The number of benzene rings is 1. The quantitative estimate of drug-likeness (QED) is 0.871. The van der Waals surface area contributed by atoms with Crippen LogP contribution in [0.15, 0.2) is 35.7 Å². The first-order valence-corrected chi connectivity index (χ1v) is 5.34. The van der Waals surface area contributed by atoms with Crippen molar-refractivity contribution in [3.05, 3.63) is 52.0 Å². The molecule has 0 radical (unpaired) electrons. The van der Waals surface area contributed by atoms with Crippen LogP contribution in [0.5, 0.6) is 5.75 Å². The predicted octanol–water partition coefficient (Wildman–Crippen LogP) is 3.06. The Balaban J connectivity index is 0.00000128. The Kier molecular flexibility index (Phi) is 4.29. The van der Waals surface area contributed by atoms with E-state index < -0.39 is 11.9 Å². The van der Waals surface area contributed by atoms with Gasteiger partial charge in [-0.3, -0.25) is 0 Å². The normalized spacial score (nSPS) is 11.9. The lowest BCUT2D eigenvalue weighted by molar-refractivity contribution is 0.424. The summed E-state index contributed by atoms with van der Waals surface area (Å²) in [6.07, 6.45) is 0. The minimum atomic E-state index is -0.639. The molecule has 86 valence electrons. The van der Waals surface area contributed by atoms with E-state index in [-0.39, 0.29) is 18.2 Å². The number of thiophene rings is 1. The minimum Gasteiger partial charge on any atom is -0.505 e. The second kappa shape index (κ2) is 5.30. The van der Waals surface area contributed by atoms with Crippen LogP contribution in [0.3, 0.4) is 0 Å². The molecule has 0 aliphatic heterocycles. The molecule has 1 aromatic heterocycles. The SMILES string of the molecule is Cl.N[C@@H](c1cccs1)c1cccc(F)c1O. The molecule has 5 heteroatoms. The first-order valence-electron chi connectivity index (χ1n) is 4.46. The number of hydrogen-bond donors (Lipinski definition) is 2. The van der Waals surface area contributed by atoms with E-state index >= 15 is 0 Å². The molecule has 0 spiro atoms. The Hall–Kier alpha value is -1.10. The van der Waals surface area contributed by atoms with Crippen LogP contribution in [0.1, 0.15) is 16.5 Å². The second-order valence-electron chi connectivity index (χ2n) is 3.17. The molecule has 2 nitrogen and oxygen atoms in total. The van der Waals surface area contributed by atoms with Crippen molar-refractivity contribution in [3.8, 4) is 5.75 Å². The van der Waals surface area contributed by atoms with Crippen molar-refractivity contribution in [2.75, 3.05) is 0 Å². The number of hydrogen-bond acceptors (Lipinski definition) is 3. The zero-order chi connectivity index (χ0) is 10.8. The molecule has 0 fully saturated rings. The summed E-state index contributed by atoms with van der Waals surface area (Å²) in [7, 11) is 0. The maximum Gasteiger partial charge on any atom is 0.165 e. The Bertz CT molecular complexity index is 461. The van der Waals surface area contributed by atoms with Gasteiger partial charge < -0.3 is 10.8 Å². The van der Waals surface area contributed by atoms with Gasteiger partial charge in [-0.25, -0.2) is 4.39 Å². The van der Waals surface area contributed by atoms with Gasteiger partial charge in [0.25, 0.3) is 0 Å². The standard InChI is InChI=1S/C11H10FNOS.ClH/c12-8-4-1-3-7(11(8)14)10(13)9-5-2-6-15-9;/h1-6,10,14H,13H2;1H/t10-;/m1./s1. The summed E-state index contributed by atoms with van der Waals surface area (Å²) in [6, 6.07) is 7.64. The summed E-state index contributed by atoms with van der Waals surface area (Å²) in [6.45, 7) is 0. The molecular weight excluding hydrogens is 249 g/mol. The van der Waals surface area contributed by atoms with E-state index in [0.717, 1.165) is 4.88 Å². The highest BCUT2D eigenvalue weighted by Gasteiger charge is 2.15. The van der Waals surface area contributed by atoms with Gasteiger partial charge in [0.15, 0.2) is 11.6 Å². The van der Waals surface area contributed by atoms with E-state index in [1.807, 2.05) is 17.5 Å². The molecule has 1 aromatic carbocycles. The third-order valence-corrected chi connectivity index (χ3v) is 3.16. The predicted molar refractivity (Wildman–Crippen MR) is 65.7 cm³/mol. The highest BCUT2D eigenvalue weighted by atomic mass is 35.5. The van der Waals surface area contributed by atoms with Gasteiger partial charge >= 0.3 is 0 Å². The number of phenols is 1. The number of aromatic hydroxyl groups is 1. The molecule has 1 heterocycles. The highest BCUT2D eigenvalue weighted by Crippen LogP contribution is 2.31. The summed E-state index contributed by atoms with van der Waals surface area (Å²) >= 11 is 1.48. The fourth-order valence-electron chi connectivity index (χ4n) is 1.40. The fraction of sp³-hybridized carbons (Fsp3) is 0.0909. The Morgan fingerprint density at radius 2 is 2.00 bits per heavy atom. The van der Waals surface area contributed by atoms with Gasteiger partial charge in [-0.2, -0.15) is 0 Å². The van der Waals surface area contributed by atoms with Crippen LogP contribution >= 0.6 is 23.7 Å². The van der Waals surface area contributed by atoms with Crippen molar-refractivity contribution in [2.24, 2.45) is 5.73 Å². The molecule has 0 aliphatic rings. The van der Waals surface area contributed by atoms with Crippen LogP contribution in [0, 0.1) is 5.82 Å². The van der Waals surface area contributed by atoms with Crippen LogP contribution in [0.25, 0.3) is 0 Å². The molecule has 2 aromatic rings. The van der Waals surface area contributed by atoms with E-state index in [9.17, 15) is 9.50 Å². The average molecular weight is 260 g/mol. The molecular formula is C11H11ClFNOS. The topological polar surface area (TPSA) is 46.2 Å². The first-order chi connectivity index (χ1) is 7.20. The lowest BCUT2D eigenvalue weighted by Crippen LogP contribution is -2.10. The lowest BCUT2D eigenvalue weighted by Gasteiger charge is -2.11. The van der Waals surface area contributed by atoms with Gasteiger partial charge in [0.05, 0.1) is 6.04 Å². The summed E-state index contributed by atoms with van der Waals surface area (Å²) in [5.41, 5.74) is 6.33. The van der Waals surface area contributed by atoms with Crippen molar-refractivity contribution < 1.29 is 9.50 Å². The van der Waals surface area contributed by atoms with E-state index in [4.69, 9.17) is 5.73 Å². The zero-order valence-electron chi connectivity index (χ0n) is 8.26. The summed E-state index contributed by atoms with van der Waals surface area (Å²) in [5, 5.41) is 11.4. The van der Waals surface area contributed by atoms with Crippen LogP contribution in [-0.2, 0) is 0 Å². The molecule has 2 rings (SSSR count). The summed E-state index contributed by atoms with van der Waals surface area (Å²) < 4.78 is 13.1. The molecule has 1 atom stereocenters. The molecule has 16 heavy (non-hydrogen) atoms. The number of phenolic OH excluding ortho intramolecular Hbond substituents is 1. The lowest BCUT2D eigenvalue weighted by atomic mass is 10.1. The van der Waals surface area contributed by atoms with E-state index in [0.29, 0.717) is 5.56 Å². The Labute approximate surface area is 103 Å². The van der Waals surface area contributed by atoms with Crippen molar-refractivity contribution in [1.29, 1.82) is 0 Å². The third kappa shape index (κ3) is 2.35. The van der Waals surface area contributed by atoms with Gasteiger partial charge in [-0.1, -0.05) is 18.2 Å². The highest BCUT2D eigenvalue weighted by molar-refractivity contribution is 7.10. The monoisotopic (exact) mass is 259 g/mol. The van der Waals surface area contributed by atoms with E-state index in [1.54, 1.807) is 6.07 Å².